The number of ether oxygens (including phenoxy) is 2. The number of carbonyl (C=O) groups is 1. The van der Waals surface area contributed by atoms with Gasteiger partial charge >= 0.3 is 0 Å². The van der Waals surface area contributed by atoms with Crippen LogP contribution in [0.5, 0.6) is 11.5 Å². The molecular weight excluding hydrogens is 332 g/mol. The molecule has 0 spiro atoms. The molecule has 3 rings (SSSR count). The Labute approximate surface area is 153 Å². The molecule has 6 heteroatoms. The lowest BCUT2D eigenvalue weighted by atomic mass is 10.00. The van der Waals surface area contributed by atoms with Crippen LogP contribution in [0, 0.1) is 0 Å². The highest BCUT2D eigenvalue weighted by molar-refractivity contribution is 5.84. The zero-order valence-corrected chi connectivity index (χ0v) is 15.0. The van der Waals surface area contributed by atoms with Crippen LogP contribution < -0.4 is 9.47 Å². The molecule has 0 aromatic heterocycles. The van der Waals surface area contributed by atoms with E-state index in [1.165, 1.54) is 17.3 Å². The van der Waals surface area contributed by atoms with Crippen LogP contribution in [-0.2, 0) is 22.6 Å². The second-order valence-corrected chi connectivity index (χ2v) is 5.95. The first-order valence-corrected chi connectivity index (χ1v) is 8.43. The lowest BCUT2D eigenvalue weighted by molar-refractivity contribution is -0.137. The number of hydrogen-bond acceptors (Lipinski definition) is 5. The number of nitrogens with zero attached hydrogens (tertiary/aromatic N) is 2. The molecule has 0 unspecified atom stereocenters. The number of hydrogen-bond donors (Lipinski definition) is 0. The highest BCUT2D eigenvalue weighted by Crippen LogP contribution is 2.22. The summed E-state index contributed by atoms with van der Waals surface area (Å²) >= 11 is 0. The van der Waals surface area contributed by atoms with Gasteiger partial charge in [0.25, 0.3) is 5.91 Å². The number of fused-ring (bicyclic) bond motifs is 1. The Morgan fingerprint density at radius 2 is 1.96 bits per heavy atom. The first kappa shape index (κ1) is 17.8. The van der Waals surface area contributed by atoms with Crippen LogP contribution in [0.3, 0.4) is 0 Å². The molecule has 0 saturated carbocycles. The summed E-state index contributed by atoms with van der Waals surface area (Å²) in [6, 6.07) is 13.6. The van der Waals surface area contributed by atoms with E-state index in [1.54, 1.807) is 37.3 Å². The van der Waals surface area contributed by atoms with Gasteiger partial charge in [0.2, 0.25) is 0 Å². The summed E-state index contributed by atoms with van der Waals surface area (Å²) < 4.78 is 10.5. The molecule has 0 bridgehead atoms. The minimum absolute atomic E-state index is 0.0748. The molecule has 1 heterocycles. The monoisotopic (exact) mass is 354 g/mol. The molecule has 136 valence electrons. The predicted molar refractivity (Wildman–Crippen MR) is 98.7 cm³/mol. The summed E-state index contributed by atoms with van der Waals surface area (Å²) in [5.41, 5.74) is 3.21. The number of rotatable bonds is 6. The highest BCUT2D eigenvalue weighted by Gasteiger charge is 2.20. The highest BCUT2D eigenvalue weighted by atomic mass is 16.6. The van der Waals surface area contributed by atoms with Crippen LogP contribution in [0.2, 0.25) is 0 Å². The molecule has 2 aromatic rings. The first-order valence-electron chi connectivity index (χ1n) is 8.43. The number of amides is 1. The van der Waals surface area contributed by atoms with Gasteiger partial charge < -0.3 is 19.2 Å². The molecule has 0 radical (unpaired) electrons. The van der Waals surface area contributed by atoms with Gasteiger partial charge in [-0.15, -0.1) is 0 Å². The molecule has 1 aliphatic rings. The molecule has 0 aliphatic carbocycles. The quantitative estimate of drug-likeness (QED) is 0.591. The fourth-order valence-corrected chi connectivity index (χ4v) is 2.93. The van der Waals surface area contributed by atoms with Crippen molar-refractivity contribution in [3.8, 4) is 11.5 Å². The summed E-state index contributed by atoms with van der Waals surface area (Å²) in [7, 11) is 3.17. The molecule has 0 fully saturated rings. The number of methoxy groups -OCH3 is 2. The van der Waals surface area contributed by atoms with Gasteiger partial charge in [-0.25, -0.2) is 0 Å². The zero-order chi connectivity index (χ0) is 18.4. The maximum atomic E-state index is 12.3. The third-order valence-corrected chi connectivity index (χ3v) is 4.37. The average molecular weight is 354 g/mol. The van der Waals surface area contributed by atoms with E-state index in [1.807, 2.05) is 12.1 Å². The SMILES string of the molecule is COc1ccc(OC)c(/C=N\OCC(=O)N2CCc3ccccc3C2)c1. The summed E-state index contributed by atoms with van der Waals surface area (Å²) in [6.45, 7) is 1.23. The summed E-state index contributed by atoms with van der Waals surface area (Å²) in [4.78, 5) is 19.3. The molecule has 2 aromatic carbocycles. The van der Waals surface area contributed by atoms with Gasteiger partial charge in [-0.2, -0.15) is 0 Å². The van der Waals surface area contributed by atoms with Gasteiger partial charge in [-0.1, -0.05) is 29.4 Å². The maximum Gasteiger partial charge on any atom is 0.263 e. The van der Waals surface area contributed by atoms with Crippen LogP contribution in [0.1, 0.15) is 16.7 Å². The fraction of sp³-hybridized carbons (Fsp3) is 0.300. The van der Waals surface area contributed by atoms with Crippen LogP contribution >= 0.6 is 0 Å². The van der Waals surface area contributed by atoms with Crippen molar-refractivity contribution in [1.82, 2.24) is 4.90 Å². The normalized spacial score (nSPS) is 13.4. The summed E-state index contributed by atoms with van der Waals surface area (Å²) in [5.74, 6) is 1.27. The topological polar surface area (TPSA) is 60.4 Å². The number of carbonyl (C=O) groups excluding carboxylic acids is 1. The average Bonchev–Trinajstić information content (AvgIpc) is 2.70. The van der Waals surface area contributed by atoms with E-state index in [9.17, 15) is 4.79 Å². The Morgan fingerprint density at radius 3 is 2.73 bits per heavy atom. The van der Waals surface area contributed by atoms with E-state index in [0.717, 1.165) is 6.42 Å². The van der Waals surface area contributed by atoms with Crippen molar-refractivity contribution in [3.63, 3.8) is 0 Å². The molecule has 1 amide bonds. The van der Waals surface area contributed by atoms with Crippen molar-refractivity contribution in [2.75, 3.05) is 27.4 Å². The van der Waals surface area contributed by atoms with Crippen molar-refractivity contribution in [2.45, 2.75) is 13.0 Å². The van der Waals surface area contributed by atoms with Gasteiger partial charge in [-0.05, 0) is 35.7 Å². The zero-order valence-electron chi connectivity index (χ0n) is 15.0. The van der Waals surface area contributed by atoms with Crippen molar-refractivity contribution in [3.05, 3.63) is 59.2 Å². The van der Waals surface area contributed by atoms with E-state index < -0.39 is 0 Å². The molecule has 6 nitrogen and oxygen atoms in total. The Morgan fingerprint density at radius 1 is 1.15 bits per heavy atom. The van der Waals surface area contributed by atoms with Crippen LogP contribution in [0.4, 0.5) is 0 Å². The van der Waals surface area contributed by atoms with Crippen molar-refractivity contribution < 1.29 is 19.1 Å². The van der Waals surface area contributed by atoms with Gasteiger partial charge in [0, 0.05) is 18.7 Å². The summed E-state index contributed by atoms with van der Waals surface area (Å²) in [6.07, 6.45) is 2.38. The second kappa shape index (κ2) is 8.38. The molecular formula is C20H22N2O4. The van der Waals surface area contributed by atoms with E-state index in [0.29, 0.717) is 30.2 Å². The van der Waals surface area contributed by atoms with Gasteiger partial charge in [0.05, 0.1) is 20.4 Å². The second-order valence-electron chi connectivity index (χ2n) is 5.95. The predicted octanol–water partition coefficient (Wildman–Crippen LogP) is 2.64. The van der Waals surface area contributed by atoms with E-state index in [4.69, 9.17) is 14.3 Å². The lowest BCUT2D eigenvalue weighted by Crippen LogP contribution is -2.37. The van der Waals surface area contributed by atoms with E-state index in [2.05, 4.69) is 17.3 Å². The number of oxime groups is 1. The van der Waals surface area contributed by atoms with Gasteiger partial charge in [0.15, 0.2) is 6.61 Å². The van der Waals surface area contributed by atoms with E-state index in [-0.39, 0.29) is 12.5 Å². The standard InChI is InChI=1S/C20H22N2O4/c1-24-18-7-8-19(25-2)17(11-18)12-21-26-14-20(23)22-10-9-15-5-3-4-6-16(15)13-22/h3-8,11-12H,9-10,13-14H2,1-2H3/b21-12-. The maximum absolute atomic E-state index is 12.3. The number of benzene rings is 2. The largest absolute Gasteiger partial charge is 0.497 e. The molecule has 0 N–H and O–H groups in total. The van der Waals surface area contributed by atoms with E-state index >= 15 is 0 Å². The molecule has 26 heavy (non-hydrogen) atoms. The first-order chi connectivity index (χ1) is 12.7. The third kappa shape index (κ3) is 4.14. The smallest absolute Gasteiger partial charge is 0.263 e. The Kier molecular flexibility index (Phi) is 5.73. The minimum Gasteiger partial charge on any atom is -0.497 e. The van der Waals surface area contributed by atoms with Crippen LogP contribution in [-0.4, -0.2) is 44.4 Å². The van der Waals surface area contributed by atoms with Crippen LogP contribution in [0.15, 0.2) is 47.6 Å². The summed E-state index contributed by atoms with van der Waals surface area (Å²) in [5, 5.41) is 3.90. The molecule has 1 aliphatic heterocycles. The third-order valence-electron chi connectivity index (χ3n) is 4.37. The molecule has 0 atom stereocenters. The Bertz CT molecular complexity index is 804. The Hall–Kier alpha value is -3.02. The van der Waals surface area contributed by atoms with Crippen LogP contribution in [0.25, 0.3) is 0 Å². The Balaban J connectivity index is 1.55. The fourth-order valence-electron chi connectivity index (χ4n) is 2.93. The van der Waals surface area contributed by atoms with Gasteiger partial charge in [-0.3, -0.25) is 4.79 Å². The van der Waals surface area contributed by atoms with Crippen molar-refractivity contribution >= 4 is 12.1 Å². The van der Waals surface area contributed by atoms with Crippen molar-refractivity contribution in [1.29, 1.82) is 0 Å². The molecule has 0 saturated heterocycles. The van der Waals surface area contributed by atoms with Crippen molar-refractivity contribution in [2.24, 2.45) is 5.16 Å². The van der Waals surface area contributed by atoms with Gasteiger partial charge in [0.1, 0.15) is 11.5 Å². The minimum atomic E-state index is -0.0923. The lowest BCUT2D eigenvalue weighted by Gasteiger charge is -2.28.